The lowest BCUT2D eigenvalue weighted by Gasteiger charge is -1.99. The number of hydrogen-bond donors (Lipinski definition) is 0. The Morgan fingerprint density at radius 3 is 2.15 bits per heavy atom. The zero-order valence-electron chi connectivity index (χ0n) is 9.93. The maximum absolute atomic E-state index is 7.22. The molecule has 1 aliphatic heterocycles. The molecule has 1 heterocycles. The Morgan fingerprint density at radius 1 is 1.08 bits per heavy atom. The molecule has 78 valence electrons. The van der Waals surface area contributed by atoms with Crippen molar-refractivity contribution in [3.05, 3.63) is 0 Å². The minimum absolute atomic E-state index is 0.181. The second-order valence-electron chi connectivity index (χ2n) is 4.07. The van der Waals surface area contributed by atoms with Crippen LogP contribution in [-0.2, 0) is 4.74 Å². The molecule has 0 N–H and O–H groups in total. The molecule has 0 spiro atoms. The molecule has 1 aliphatic rings. The van der Waals surface area contributed by atoms with Crippen LogP contribution in [0.5, 0.6) is 0 Å². The normalized spacial score (nSPS) is 27.3. The topological polar surface area (TPSA) is 12.5 Å². The maximum Gasteiger partial charge on any atom is 0.0810 e. The van der Waals surface area contributed by atoms with Gasteiger partial charge in [-0.2, -0.15) is 0 Å². The van der Waals surface area contributed by atoms with Gasteiger partial charge in [-0.25, -0.2) is 0 Å². The zero-order chi connectivity index (χ0) is 10.2. The van der Waals surface area contributed by atoms with Gasteiger partial charge in [-0.3, -0.25) is 0 Å². The number of hydrogen-bond acceptors (Lipinski definition) is 1. The van der Waals surface area contributed by atoms with Crippen LogP contribution in [-0.4, -0.2) is 12.7 Å². The lowest BCUT2D eigenvalue weighted by atomic mass is 10.1. The highest BCUT2D eigenvalue weighted by Gasteiger charge is 2.20. The van der Waals surface area contributed by atoms with E-state index in [9.17, 15) is 0 Å². The SMILES string of the molecule is [2H]C1OC1CCCCCCCCCC. The number of rotatable bonds is 9. The highest BCUT2D eigenvalue weighted by atomic mass is 16.6. The quantitative estimate of drug-likeness (QED) is 0.392. The van der Waals surface area contributed by atoms with E-state index in [4.69, 9.17) is 6.11 Å². The maximum atomic E-state index is 7.22. The van der Waals surface area contributed by atoms with Crippen LogP contribution < -0.4 is 0 Å². The van der Waals surface area contributed by atoms with Crippen LogP contribution in [0.1, 0.15) is 66.1 Å². The third-order valence-corrected chi connectivity index (χ3v) is 2.67. The molecule has 0 radical (unpaired) electrons. The minimum Gasteiger partial charge on any atom is -0.373 e. The van der Waals surface area contributed by atoms with Gasteiger partial charge in [0.15, 0.2) is 0 Å². The zero-order valence-corrected chi connectivity index (χ0v) is 8.93. The fraction of sp³-hybridized carbons (Fsp3) is 1.00. The first-order valence-corrected chi connectivity index (χ1v) is 5.92. The first kappa shape index (κ1) is 9.51. The standard InChI is InChI=1S/C12H24O/c1-2-3-4-5-6-7-8-9-10-12-11-13-12/h12H,2-11H2,1H3/i11D. The number of epoxide rings is 1. The van der Waals surface area contributed by atoms with Gasteiger partial charge >= 0.3 is 0 Å². The highest BCUT2D eigenvalue weighted by Crippen LogP contribution is 2.18. The van der Waals surface area contributed by atoms with E-state index in [2.05, 4.69) is 6.92 Å². The van der Waals surface area contributed by atoms with Crippen molar-refractivity contribution in [3.8, 4) is 0 Å². The summed E-state index contributed by atoms with van der Waals surface area (Å²) >= 11 is 0. The Bertz CT molecular complexity index is 138. The summed E-state index contributed by atoms with van der Waals surface area (Å²) in [4.78, 5) is 0. The molecule has 1 nitrogen and oxygen atoms in total. The Balaban J connectivity index is 1.68. The fourth-order valence-corrected chi connectivity index (χ4v) is 1.67. The molecule has 1 heteroatoms. The number of unbranched alkanes of at least 4 members (excludes halogenated alkanes) is 7. The molecule has 0 bridgehead atoms. The minimum atomic E-state index is -0.181. The molecule has 0 aromatic heterocycles. The molecule has 2 unspecified atom stereocenters. The van der Waals surface area contributed by atoms with Gasteiger partial charge in [0.25, 0.3) is 0 Å². The van der Waals surface area contributed by atoms with E-state index < -0.39 is 0 Å². The third-order valence-electron chi connectivity index (χ3n) is 2.67. The lowest BCUT2D eigenvalue weighted by Crippen LogP contribution is -1.85. The monoisotopic (exact) mass is 185 g/mol. The van der Waals surface area contributed by atoms with Gasteiger partial charge in [0.1, 0.15) is 0 Å². The Labute approximate surface area is 84.3 Å². The summed E-state index contributed by atoms with van der Waals surface area (Å²) in [6.45, 7) is 2.08. The van der Waals surface area contributed by atoms with Gasteiger partial charge in [-0.15, -0.1) is 0 Å². The second kappa shape index (κ2) is 7.37. The first-order chi connectivity index (χ1) is 6.84. The highest BCUT2D eigenvalue weighted by molar-refractivity contribution is 4.68. The van der Waals surface area contributed by atoms with Crippen molar-refractivity contribution in [2.45, 2.75) is 70.8 Å². The molecule has 0 aromatic rings. The predicted molar refractivity (Wildman–Crippen MR) is 57.0 cm³/mol. The first-order valence-electron chi connectivity index (χ1n) is 6.50. The van der Waals surface area contributed by atoms with Crippen LogP contribution in [0.4, 0.5) is 0 Å². The Morgan fingerprint density at radius 2 is 1.62 bits per heavy atom. The van der Waals surface area contributed by atoms with Crippen molar-refractivity contribution in [2.75, 3.05) is 6.58 Å². The molecule has 0 aromatic carbocycles. The van der Waals surface area contributed by atoms with E-state index >= 15 is 0 Å². The summed E-state index contributed by atoms with van der Waals surface area (Å²) in [5.41, 5.74) is 0. The Kier molecular flexibility index (Phi) is 5.39. The fourth-order valence-electron chi connectivity index (χ4n) is 1.67. The van der Waals surface area contributed by atoms with Gasteiger partial charge in [0.2, 0.25) is 0 Å². The summed E-state index contributed by atoms with van der Waals surface area (Å²) < 4.78 is 12.3. The molecular formula is C12H24O. The molecule has 1 saturated heterocycles. The smallest absolute Gasteiger partial charge is 0.0810 e. The van der Waals surface area contributed by atoms with E-state index in [0.717, 1.165) is 6.42 Å². The van der Waals surface area contributed by atoms with Crippen molar-refractivity contribution in [2.24, 2.45) is 0 Å². The van der Waals surface area contributed by atoms with E-state index in [0.29, 0.717) is 0 Å². The van der Waals surface area contributed by atoms with Crippen molar-refractivity contribution in [1.82, 2.24) is 0 Å². The molecule has 0 amide bonds. The van der Waals surface area contributed by atoms with E-state index in [1.54, 1.807) is 0 Å². The average Bonchev–Trinajstić information content (AvgIpc) is 2.87. The molecule has 1 rings (SSSR count). The molecule has 2 atom stereocenters. The lowest BCUT2D eigenvalue weighted by molar-refractivity contribution is 0.387. The van der Waals surface area contributed by atoms with Gasteiger partial charge in [-0.05, 0) is 6.42 Å². The van der Waals surface area contributed by atoms with Crippen molar-refractivity contribution < 1.29 is 6.11 Å². The van der Waals surface area contributed by atoms with Crippen LogP contribution in [0.3, 0.4) is 0 Å². The molecule has 1 fully saturated rings. The predicted octanol–water partition coefficient (Wildman–Crippen LogP) is 3.92. The van der Waals surface area contributed by atoms with E-state index in [1.807, 2.05) is 0 Å². The van der Waals surface area contributed by atoms with Crippen molar-refractivity contribution in [1.29, 1.82) is 0 Å². The summed E-state index contributed by atoms with van der Waals surface area (Å²) in [6.07, 6.45) is 12.3. The summed E-state index contributed by atoms with van der Waals surface area (Å²) in [5, 5.41) is 0. The van der Waals surface area contributed by atoms with Crippen LogP contribution in [0.15, 0.2) is 0 Å². The van der Waals surface area contributed by atoms with Crippen LogP contribution in [0.2, 0.25) is 0 Å². The van der Waals surface area contributed by atoms with Gasteiger partial charge < -0.3 is 4.74 Å². The van der Waals surface area contributed by atoms with Crippen molar-refractivity contribution in [3.63, 3.8) is 0 Å². The molecular weight excluding hydrogens is 160 g/mol. The van der Waals surface area contributed by atoms with E-state index in [-0.39, 0.29) is 12.7 Å². The Hall–Kier alpha value is -0.0400. The largest absolute Gasteiger partial charge is 0.373 e. The summed E-state index contributed by atoms with van der Waals surface area (Å²) in [7, 11) is 0. The molecule has 0 saturated carbocycles. The third kappa shape index (κ3) is 7.06. The van der Waals surface area contributed by atoms with E-state index in [1.165, 1.54) is 51.4 Å². The van der Waals surface area contributed by atoms with Crippen LogP contribution in [0.25, 0.3) is 0 Å². The van der Waals surface area contributed by atoms with Gasteiger partial charge in [-0.1, -0.05) is 58.3 Å². The van der Waals surface area contributed by atoms with Crippen LogP contribution >= 0.6 is 0 Å². The summed E-state index contributed by atoms with van der Waals surface area (Å²) in [6, 6.07) is 0. The molecule has 13 heavy (non-hydrogen) atoms. The van der Waals surface area contributed by atoms with Crippen LogP contribution in [0, 0.1) is 0 Å². The van der Waals surface area contributed by atoms with Crippen molar-refractivity contribution >= 4 is 0 Å². The molecule has 0 aliphatic carbocycles. The number of ether oxygens (including phenoxy) is 1. The second-order valence-corrected chi connectivity index (χ2v) is 4.07. The average molecular weight is 185 g/mol. The van der Waals surface area contributed by atoms with Gasteiger partial charge in [0, 0.05) is 0 Å². The van der Waals surface area contributed by atoms with Gasteiger partial charge in [0.05, 0.1) is 14.1 Å². The summed E-state index contributed by atoms with van der Waals surface area (Å²) in [5.74, 6) is 0.